The van der Waals surface area contributed by atoms with Crippen LogP contribution in [0.2, 0.25) is 0 Å². The molecule has 5 rings (SSSR count). The Morgan fingerprint density at radius 2 is 1.74 bits per heavy atom. The summed E-state index contributed by atoms with van der Waals surface area (Å²) in [4.78, 5) is 1.37. The van der Waals surface area contributed by atoms with E-state index in [4.69, 9.17) is 9.26 Å². The Morgan fingerprint density at radius 1 is 1.03 bits per heavy atom. The number of benzene rings is 2. The van der Waals surface area contributed by atoms with Gasteiger partial charge in [-0.25, -0.2) is 4.39 Å². The molecule has 1 saturated heterocycles. The zero-order chi connectivity index (χ0) is 27.0. The molecule has 1 aliphatic heterocycles. The van der Waals surface area contributed by atoms with Crippen LogP contribution >= 0.6 is 0 Å². The number of likely N-dealkylation sites (tertiary alicyclic amines) is 1. The van der Waals surface area contributed by atoms with E-state index < -0.39 is 5.60 Å². The number of quaternary nitrogens is 1. The van der Waals surface area contributed by atoms with Gasteiger partial charge < -0.3 is 19.3 Å². The van der Waals surface area contributed by atoms with E-state index >= 15 is 0 Å². The molecule has 2 fully saturated rings. The van der Waals surface area contributed by atoms with Gasteiger partial charge in [0.15, 0.2) is 11.9 Å². The quantitative estimate of drug-likeness (QED) is 0.385. The Bertz CT molecular complexity index is 1100. The highest BCUT2D eigenvalue weighted by Crippen LogP contribution is 2.43. The Labute approximate surface area is 227 Å². The monoisotopic (exact) mass is 523 g/mol. The van der Waals surface area contributed by atoms with Crippen molar-refractivity contribution in [2.75, 3.05) is 13.1 Å². The predicted molar refractivity (Wildman–Crippen MR) is 147 cm³/mol. The van der Waals surface area contributed by atoms with Crippen molar-refractivity contribution in [1.29, 1.82) is 0 Å². The fraction of sp³-hybridized carbons (Fsp3) is 0.531. The number of hydrogen-bond donors (Lipinski definition) is 2. The summed E-state index contributed by atoms with van der Waals surface area (Å²) in [5.74, 6) is 1.85. The number of nitrogens with one attached hydrogen (secondary N) is 1. The minimum atomic E-state index is -1.14. The zero-order valence-electron chi connectivity index (χ0n) is 23.2. The fourth-order valence-corrected chi connectivity index (χ4v) is 6.21. The molecule has 2 N–H and O–H groups in total. The van der Waals surface area contributed by atoms with E-state index in [1.54, 1.807) is 12.1 Å². The van der Waals surface area contributed by atoms with Gasteiger partial charge in [0, 0.05) is 18.4 Å². The summed E-state index contributed by atoms with van der Waals surface area (Å²) in [6, 6.07) is 18.2. The zero-order valence-corrected chi connectivity index (χ0v) is 23.2. The molecule has 1 aliphatic carbocycles. The van der Waals surface area contributed by atoms with Crippen LogP contribution in [0.15, 0.2) is 65.2 Å². The molecule has 0 radical (unpaired) electrons. The summed E-state index contributed by atoms with van der Waals surface area (Å²) < 4.78 is 25.5. The molecule has 4 atom stereocenters. The molecule has 3 aromatic rings. The van der Waals surface area contributed by atoms with Crippen LogP contribution in [0.3, 0.4) is 0 Å². The van der Waals surface area contributed by atoms with Gasteiger partial charge in [-0.05, 0) is 55.0 Å². The molecule has 206 valence electrons. The smallest absolute Gasteiger partial charge is 0.191 e. The Kier molecular flexibility index (Phi) is 9.97. The second kappa shape index (κ2) is 13.4. The number of piperidine rings is 1. The third-order valence-electron chi connectivity index (χ3n) is 8.29. The number of aromatic nitrogens is 1. The van der Waals surface area contributed by atoms with Crippen molar-refractivity contribution in [3.63, 3.8) is 0 Å². The molecular formula is C32H44FN2O3+. The molecule has 0 spiro atoms. The second-order valence-corrected chi connectivity index (χ2v) is 10.6. The number of nitrogens with zero attached hydrogens (tertiary/aromatic N) is 1. The van der Waals surface area contributed by atoms with Crippen LogP contribution in [0.5, 0.6) is 5.75 Å². The summed E-state index contributed by atoms with van der Waals surface area (Å²) in [6.45, 7) is 8.78. The van der Waals surface area contributed by atoms with Gasteiger partial charge in [0.1, 0.15) is 36.0 Å². The van der Waals surface area contributed by atoms with Crippen LogP contribution in [0, 0.1) is 17.7 Å². The average Bonchev–Trinajstić information content (AvgIpc) is 3.45. The lowest BCUT2D eigenvalue weighted by Crippen LogP contribution is -3.13. The van der Waals surface area contributed by atoms with Crippen molar-refractivity contribution in [1.82, 2.24) is 5.16 Å². The molecule has 1 aromatic heterocycles. The number of rotatable bonds is 8. The minimum absolute atomic E-state index is 0.0649. The van der Waals surface area contributed by atoms with E-state index in [0.29, 0.717) is 23.9 Å². The molecule has 0 bridgehead atoms. The normalized spacial score (nSPS) is 23.7. The SMILES string of the molecule is CC.CCC1CC[NH+](Cc2cc(C(O)(c3ccccc3)C3CCCCC3)no2)CC1Oc1ccc(F)cc1. The maximum absolute atomic E-state index is 13.3. The topological polar surface area (TPSA) is 59.9 Å². The largest absolute Gasteiger partial charge is 0.484 e. The Hall–Kier alpha value is -2.70. The number of aliphatic hydroxyl groups is 1. The molecule has 0 amide bonds. The molecule has 1 saturated carbocycles. The van der Waals surface area contributed by atoms with E-state index in [-0.39, 0.29) is 17.8 Å². The molecule has 2 aliphatic rings. The molecule has 4 unspecified atom stereocenters. The second-order valence-electron chi connectivity index (χ2n) is 10.6. The van der Waals surface area contributed by atoms with Crippen molar-refractivity contribution in [2.45, 2.75) is 84.0 Å². The third kappa shape index (κ3) is 6.47. The molecule has 2 heterocycles. The van der Waals surface area contributed by atoms with Gasteiger partial charge in [0.2, 0.25) is 0 Å². The lowest BCUT2D eigenvalue weighted by atomic mass is 9.71. The van der Waals surface area contributed by atoms with Gasteiger partial charge in [-0.1, -0.05) is 75.5 Å². The maximum Gasteiger partial charge on any atom is 0.191 e. The highest BCUT2D eigenvalue weighted by molar-refractivity contribution is 5.33. The van der Waals surface area contributed by atoms with Crippen LogP contribution in [0.1, 0.15) is 82.7 Å². The molecule has 5 nitrogen and oxygen atoms in total. The van der Waals surface area contributed by atoms with E-state index in [1.807, 2.05) is 50.2 Å². The first kappa shape index (κ1) is 28.3. The molecule has 6 heteroatoms. The standard InChI is InChI=1S/C30H37FN2O3.C2H6/c1-2-22-17-18-33(21-28(22)35-26-15-13-25(31)14-16-26)20-27-19-29(32-36-27)30(34,23-9-5-3-6-10-23)24-11-7-4-8-12-24;1-2/h3,5-6,9-10,13-16,19,22,24,28,34H,2,4,7-8,11-12,17-18,20-21H2,1H3;1-2H3/p+1. The van der Waals surface area contributed by atoms with Gasteiger partial charge in [0.25, 0.3) is 0 Å². The van der Waals surface area contributed by atoms with Crippen molar-refractivity contribution in [3.8, 4) is 5.75 Å². The van der Waals surface area contributed by atoms with Gasteiger partial charge in [-0.3, -0.25) is 0 Å². The fourth-order valence-electron chi connectivity index (χ4n) is 6.21. The summed E-state index contributed by atoms with van der Waals surface area (Å²) >= 11 is 0. The molecule has 2 aromatic carbocycles. The summed E-state index contributed by atoms with van der Waals surface area (Å²) in [5, 5.41) is 16.5. The number of ether oxygens (including phenoxy) is 1. The van der Waals surface area contributed by atoms with Crippen LogP contribution in [0.4, 0.5) is 4.39 Å². The minimum Gasteiger partial charge on any atom is -0.484 e. The molecular weight excluding hydrogens is 479 g/mol. The van der Waals surface area contributed by atoms with Crippen LogP contribution in [-0.2, 0) is 12.1 Å². The lowest BCUT2D eigenvalue weighted by molar-refractivity contribution is -0.923. The van der Waals surface area contributed by atoms with E-state index in [2.05, 4.69) is 12.1 Å². The summed E-state index contributed by atoms with van der Waals surface area (Å²) in [5.41, 5.74) is 0.375. The maximum atomic E-state index is 13.3. The van der Waals surface area contributed by atoms with Gasteiger partial charge >= 0.3 is 0 Å². The summed E-state index contributed by atoms with van der Waals surface area (Å²) in [6.07, 6.45) is 7.66. The average molecular weight is 524 g/mol. The van der Waals surface area contributed by atoms with Crippen LogP contribution in [0.25, 0.3) is 0 Å². The Morgan fingerprint density at radius 3 is 2.42 bits per heavy atom. The van der Waals surface area contributed by atoms with Crippen LogP contribution < -0.4 is 9.64 Å². The van der Waals surface area contributed by atoms with Crippen molar-refractivity contribution in [3.05, 3.63) is 83.5 Å². The number of halogens is 1. The van der Waals surface area contributed by atoms with Crippen LogP contribution in [-0.4, -0.2) is 29.5 Å². The highest BCUT2D eigenvalue weighted by atomic mass is 19.1. The van der Waals surface area contributed by atoms with E-state index in [9.17, 15) is 9.50 Å². The van der Waals surface area contributed by atoms with Gasteiger partial charge in [-0.2, -0.15) is 0 Å². The first-order chi connectivity index (χ1) is 18.6. The highest BCUT2D eigenvalue weighted by Gasteiger charge is 2.43. The summed E-state index contributed by atoms with van der Waals surface area (Å²) in [7, 11) is 0. The van der Waals surface area contributed by atoms with Crippen molar-refractivity contribution >= 4 is 0 Å². The number of hydrogen-bond acceptors (Lipinski definition) is 4. The third-order valence-corrected chi connectivity index (χ3v) is 8.29. The van der Waals surface area contributed by atoms with Gasteiger partial charge in [-0.15, -0.1) is 0 Å². The first-order valence-corrected chi connectivity index (χ1v) is 14.6. The predicted octanol–water partition coefficient (Wildman–Crippen LogP) is 5.92. The molecule has 38 heavy (non-hydrogen) atoms. The van der Waals surface area contributed by atoms with Crippen molar-refractivity contribution < 1.29 is 23.7 Å². The first-order valence-electron chi connectivity index (χ1n) is 14.6. The lowest BCUT2D eigenvalue weighted by Gasteiger charge is -2.37. The van der Waals surface area contributed by atoms with Gasteiger partial charge in [0.05, 0.1) is 6.54 Å². The van der Waals surface area contributed by atoms with Crippen molar-refractivity contribution in [2.24, 2.45) is 11.8 Å². The van der Waals surface area contributed by atoms with E-state index in [1.165, 1.54) is 23.5 Å². The van der Waals surface area contributed by atoms with E-state index in [0.717, 1.165) is 62.9 Å². The Balaban J connectivity index is 0.00000164.